The Labute approximate surface area is 191 Å². The van der Waals surface area contributed by atoms with Crippen LogP contribution in [0.2, 0.25) is 0 Å². The van der Waals surface area contributed by atoms with E-state index in [1.54, 1.807) is 0 Å². The molecule has 33 heavy (non-hydrogen) atoms. The topological polar surface area (TPSA) is 107 Å². The second-order valence-corrected chi connectivity index (χ2v) is 9.42. The third kappa shape index (κ3) is 3.55. The molecule has 4 saturated carbocycles. The number of urea groups is 2. The van der Waals surface area contributed by atoms with Gasteiger partial charge < -0.3 is 10.6 Å². The molecule has 4 N–H and O–H groups in total. The monoisotopic (exact) mass is 442 g/mol. The molecule has 2 bridgehead atoms. The van der Waals surface area contributed by atoms with E-state index in [4.69, 9.17) is 0 Å². The number of hydrogen-bond donors (Lipinski definition) is 4. The summed E-state index contributed by atoms with van der Waals surface area (Å²) in [6, 6.07) is 18.0. The van der Waals surface area contributed by atoms with E-state index in [2.05, 4.69) is 31.7 Å². The molecule has 4 amide bonds. The van der Waals surface area contributed by atoms with Crippen LogP contribution in [-0.2, 0) is 0 Å². The highest BCUT2D eigenvalue weighted by atomic mass is 16.2. The first kappa shape index (κ1) is 20.0. The molecule has 0 aromatic heterocycles. The molecule has 8 nitrogen and oxygen atoms in total. The van der Waals surface area contributed by atoms with Gasteiger partial charge in [0.15, 0.2) is 0 Å². The SMILES string of the molecule is O=C(N/N=C1\C[C@@H]2[C@@H]3C/C(=N\NC(=O)Nc4ccccc4)[C@H]4[C@H]3C[C@H]2[C@@H]14)Nc1ccccc1. The quantitative estimate of drug-likeness (QED) is 0.531. The van der Waals surface area contributed by atoms with Crippen LogP contribution in [0, 0.1) is 35.5 Å². The molecule has 0 radical (unpaired) electrons. The van der Waals surface area contributed by atoms with Gasteiger partial charge in [0.05, 0.1) is 0 Å². The van der Waals surface area contributed by atoms with Gasteiger partial charge in [0.2, 0.25) is 0 Å². The number of rotatable bonds is 4. The summed E-state index contributed by atoms with van der Waals surface area (Å²) in [5.41, 5.74) is 9.00. The van der Waals surface area contributed by atoms with Crippen molar-refractivity contribution in [2.75, 3.05) is 10.6 Å². The van der Waals surface area contributed by atoms with Gasteiger partial charge in [0.25, 0.3) is 0 Å². The number of benzene rings is 2. The van der Waals surface area contributed by atoms with E-state index in [0.29, 0.717) is 35.5 Å². The van der Waals surface area contributed by atoms with Crippen molar-refractivity contribution in [3.63, 3.8) is 0 Å². The summed E-state index contributed by atoms with van der Waals surface area (Å²) in [5, 5.41) is 14.7. The van der Waals surface area contributed by atoms with Gasteiger partial charge in [-0.05, 0) is 67.2 Å². The number of anilines is 2. The lowest BCUT2D eigenvalue weighted by Crippen LogP contribution is -2.31. The van der Waals surface area contributed by atoms with E-state index in [1.165, 1.54) is 6.42 Å². The molecular formula is C25H26N6O2. The van der Waals surface area contributed by atoms with E-state index < -0.39 is 0 Å². The zero-order chi connectivity index (χ0) is 22.4. The molecule has 0 unspecified atom stereocenters. The zero-order valence-corrected chi connectivity index (χ0v) is 18.1. The molecule has 0 saturated heterocycles. The zero-order valence-electron chi connectivity index (χ0n) is 18.1. The smallest absolute Gasteiger partial charge is 0.307 e. The van der Waals surface area contributed by atoms with Crippen molar-refractivity contribution < 1.29 is 9.59 Å². The number of fused-ring (bicyclic) bond motifs is 2. The number of nitrogens with zero attached hydrogens (tertiary/aromatic N) is 2. The van der Waals surface area contributed by atoms with Crippen molar-refractivity contribution >= 4 is 34.9 Å². The van der Waals surface area contributed by atoms with E-state index in [0.717, 1.165) is 35.6 Å². The highest BCUT2D eigenvalue weighted by Gasteiger charge is 2.67. The second-order valence-electron chi connectivity index (χ2n) is 9.42. The van der Waals surface area contributed by atoms with Crippen LogP contribution >= 0.6 is 0 Å². The summed E-state index contributed by atoms with van der Waals surface area (Å²) < 4.78 is 0. The Balaban J connectivity index is 1.13. The molecule has 2 aromatic rings. The molecule has 6 rings (SSSR count). The summed E-state index contributed by atoms with van der Waals surface area (Å²) in [5.74, 6) is 3.09. The molecular weight excluding hydrogens is 416 g/mol. The Morgan fingerprint density at radius 1 is 0.636 bits per heavy atom. The second kappa shape index (κ2) is 8.03. The molecule has 0 heterocycles. The predicted molar refractivity (Wildman–Crippen MR) is 127 cm³/mol. The van der Waals surface area contributed by atoms with Gasteiger partial charge in [-0.2, -0.15) is 10.2 Å². The molecule has 168 valence electrons. The van der Waals surface area contributed by atoms with E-state index in [9.17, 15) is 9.59 Å². The van der Waals surface area contributed by atoms with E-state index >= 15 is 0 Å². The number of hydrazone groups is 2. The predicted octanol–water partition coefficient (Wildman–Crippen LogP) is 4.26. The fraction of sp³-hybridized carbons (Fsp3) is 0.360. The molecule has 6 atom stereocenters. The van der Waals surface area contributed by atoms with Crippen LogP contribution in [0.5, 0.6) is 0 Å². The number of carbonyl (C=O) groups is 2. The van der Waals surface area contributed by atoms with E-state index in [1.807, 2.05) is 60.7 Å². The highest BCUT2D eigenvalue weighted by molar-refractivity contribution is 6.02. The third-order valence-corrected chi connectivity index (χ3v) is 7.83. The van der Waals surface area contributed by atoms with Crippen LogP contribution in [0.4, 0.5) is 21.0 Å². The Morgan fingerprint density at radius 2 is 1.06 bits per heavy atom. The molecule has 0 aliphatic heterocycles. The van der Waals surface area contributed by atoms with Gasteiger partial charge in [-0.15, -0.1) is 0 Å². The Morgan fingerprint density at radius 3 is 1.48 bits per heavy atom. The van der Waals surface area contributed by atoms with Gasteiger partial charge in [-0.25, -0.2) is 20.4 Å². The first-order valence-electron chi connectivity index (χ1n) is 11.5. The van der Waals surface area contributed by atoms with Crippen molar-refractivity contribution in [2.45, 2.75) is 19.3 Å². The highest BCUT2D eigenvalue weighted by Crippen LogP contribution is 2.68. The van der Waals surface area contributed by atoms with Gasteiger partial charge in [0, 0.05) is 34.6 Å². The normalized spacial score (nSPS) is 32.8. The summed E-state index contributed by atoms with van der Waals surface area (Å²) in [7, 11) is 0. The van der Waals surface area contributed by atoms with E-state index in [-0.39, 0.29) is 12.1 Å². The maximum Gasteiger partial charge on any atom is 0.339 e. The van der Waals surface area contributed by atoms with Gasteiger partial charge in [-0.3, -0.25) is 0 Å². The summed E-state index contributed by atoms with van der Waals surface area (Å²) in [6.07, 6.45) is 3.11. The van der Waals surface area contributed by atoms with Gasteiger partial charge >= 0.3 is 12.1 Å². The van der Waals surface area contributed by atoms with Crippen molar-refractivity contribution in [2.24, 2.45) is 45.7 Å². The van der Waals surface area contributed by atoms with Crippen molar-refractivity contribution in [1.82, 2.24) is 10.9 Å². The van der Waals surface area contributed by atoms with Crippen LogP contribution in [-0.4, -0.2) is 23.5 Å². The average molecular weight is 443 g/mol. The van der Waals surface area contributed by atoms with Crippen molar-refractivity contribution in [3.8, 4) is 0 Å². The summed E-state index contributed by atoms with van der Waals surface area (Å²) in [6.45, 7) is 0. The standard InChI is InChI=1S/C25H26N6O2/c32-24(26-14-7-3-1-4-8-14)30-28-20-12-16-17-13-21(23-19(17)11-18(16)22(20)23)29-31-25(33)27-15-9-5-2-6-10-15/h1-10,16-19,22-23H,11-13H2,(H2,26,30,32)(H2,27,31,33)/b28-20+,29-21+/t16-,17+,18-,19+,22+,23-. The van der Waals surface area contributed by atoms with Gasteiger partial charge in [-0.1, -0.05) is 36.4 Å². The van der Waals surface area contributed by atoms with Crippen LogP contribution in [0.3, 0.4) is 0 Å². The molecule has 4 aliphatic carbocycles. The fourth-order valence-electron chi connectivity index (χ4n) is 6.77. The largest absolute Gasteiger partial charge is 0.339 e. The number of hydrogen-bond acceptors (Lipinski definition) is 4. The lowest BCUT2D eigenvalue weighted by Gasteiger charge is -2.24. The third-order valence-electron chi connectivity index (χ3n) is 7.83. The number of para-hydroxylation sites is 2. The minimum atomic E-state index is -0.333. The molecule has 8 heteroatoms. The Hall–Kier alpha value is -3.68. The molecule has 4 aliphatic rings. The number of carbonyl (C=O) groups excluding carboxylic acids is 2. The maximum absolute atomic E-state index is 12.3. The first-order valence-corrected chi connectivity index (χ1v) is 11.5. The van der Waals surface area contributed by atoms with Crippen LogP contribution in [0.25, 0.3) is 0 Å². The summed E-state index contributed by atoms with van der Waals surface area (Å²) in [4.78, 5) is 24.6. The molecule has 0 spiro atoms. The minimum Gasteiger partial charge on any atom is -0.307 e. The minimum absolute atomic E-state index is 0.313. The average Bonchev–Trinajstić information content (AvgIpc) is 3.49. The van der Waals surface area contributed by atoms with Crippen molar-refractivity contribution in [1.29, 1.82) is 0 Å². The fourth-order valence-corrected chi connectivity index (χ4v) is 6.77. The lowest BCUT2D eigenvalue weighted by molar-refractivity contribution is 0.241. The summed E-state index contributed by atoms with van der Waals surface area (Å²) >= 11 is 0. The van der Waals surface area contributed by atoms with Crippen LogP contribution in [0.1, 0.15) is 19.3 Å². The Kier molecular flexibility index (Phi) is 4.86. The lowest BCUT2D eigenvalue weighted by atomic mass is 9.79. The molecule has 4 fully saturated rings. The van der Waals surface area contributed by atoms with Crippen molar-refractivity contribution in [3.05, 3.63) is 60.7 Å². The maximum atomic E-state index is 12.3. The Bertz CT molecular complexity index is 1040. The van der Waals surface area contributed by atoms with Crippen LogP contribution in [0.15, 0.2) is 70.9 Å². The van der Waals surface area contributed by atoms with Crippen LogP contribution < -0.4 is 21.5 Å². The van der Waals surface area contributed by atoms with Gasteiger partial charge in [0.1, 0.15) is 0 Å². The molecule has 2 aromatic carbocycles. The number of nitrogens with one attached hydrogen (secondary N) is 4. The number of amides is 4. The first-order chi connectivity index (χ1) is 16.2.